The molecule has 0 saturated heterocycles. The van der Waals surface area contributed by atoms with Crippen LogP contribution in [0.25, 0.3) is 0 Å². The number of ether oxygens (including phenoxy) is 1. The van der Waals surface area contributed by atoms with Crippen molar-refractivity contribution in [3.8, 4) is 17.2 Å². The standard InChI is InChI=1S/C47H81NO6SSi3/c1-31(2)37(29-51-56(15,16)43(4,5)6)48-55(50,35-23-21-32(3)22-24-35)30-47-36(25-33-26-40(47)46(33,13)14)42(49)41-38(52-47)27-34(53-57(17,18)44(7,8)9)28-39(41)54-58(19,20)45(10,11)12/h21-24,27-28,31,33,36-37,40,42,49H,25-26,29-30H2,1-20H3/t33-,36+,37-,40+,42-,47-,55?/m0/s1. The van der Waals surface area contributed by atoms with Gasteiger partial charge in [-0.1, -0.05) is 108 Å². The van der Waals surface area contributed by atoms with Crippen molar-refractivity contribution in [3.05, 3.63) is 47.5 Å². The molecule has 11 heteroatoms. The van der Waals surface area contributed by atoms with E-state index in [0.717, 1.165) is 18.4 Å². The number of hydrogen-bond donors (Lipinski definition) is 1. The lowest BCUT2D eigenvalue weighted by Crippen LogP contribution is -2.72. The molecule has 328 valence electrons. The SMILES string of the molecule is Cc1ccc(S(=O)(C[C@]23Oc4cc(O[Si](C)(C)C(C)(C)C)cc(O[Si](C)(C)C(C)(C)C)c4[C@@H](O)[C@H]2C[C@H]2C[C@@H]3C2(C)C)=N[C@@H](CO[Si](C)(C)C(C)(C)C)C(C)C)cc1. The van der Waals surface area contributed by atoms with E-state index < -0.39 is 46.4 Å². The minimum Gasteiger partial charge on any atom is -0.543 e. The van der Waals surface area contributed by atoms with Gasteiger partial charge >= 0.3 is 0 Å². The zero-order chi connectivity index (χ0) is 44.0. The van der Waals surface area contributed by atoms with E-state index in [1.807, 2.05) is 36.4 Å². The second-order valence-electron chi connectivity index (χ2n) is 23.8. The largest absolute Gasteiger partial charge is 0.543 e. The highest BCUT2D eigenvalue weighted by Crippen LogP contribution is 2.70. The van der Waals surface area contributed by atoms with Crippen molar-refractivity contribution in [3.63, 3.8) is 0 Å². The van der Waals surface area contributed by atoms with Crippen molar-refractivity contribution in [2.75, 3.05) is 12.4 Å². The Balaban J connectivity index is 1.75. The van der Waals surface area contributed by atoms with Crippen LogP contribution in [0.15, 0.2) is 45.7 Å². The van der Waals surface area contributed by atoms with Gasteiger partial charge in [-0.25, -0.2) is 8.57 Å². The topological polar surface area (TPSA) is 86.6 Å². The molecule has 4 aliphatic rings. The molecule has 0 aromatic heterocycles. The van der Waals surface area contributed by atoms with Gasteiger partial charge in [-0.05, 0) is 104 Å². The van der Waals surface area contributed by atoms with Crippen molar-refractivity contribution in [1.82, 2.24) is 0 Å². The fourth-order valence-electron chi connectivity index (χ4n) is 8.48. The highest BCUT2D eigenvalue weighted by Gasteiger charge is 2.70. The average molecular weight is 872 g/mol. The zero-order valence-electron chi connectivity index (χ0n) is 40.1. The summed E-state index contributed by atoms with van der Waals surface area (Å²) in [6, 6.07) is 11.8. The van der Waals surface area contributed by atoms with Crippen LogP contribution in [0.4, 0.5) is 0 Å². The first-order valence-corrected chi connectivity index (χ1v) is 32.4. The Hall–Kier alpha value is -1.64. The normalized spacial score (nSPS) is 26.4. The van der Waals surface area contributed by atoms with Crippen LogP contribution in [0.3, 0.4) is 0 Å². The lowest BCUT2D eigenvalue weighted by Gasteiger charge is -2.69. The molecule has 0 radical (unpaired) electrons. The maximum Gasteiger partial charge on any atom is 0.250 e. The number of nitrogens with zero attached hydrogens (tertiary/aromatic N) is 1. The van der Waals surface area contributed by atoms with E-state index in [0.29, 0.717) is 40.2 Å². The van der Waals surface area contributed by atoms with E-state index in [1.165, 1.54) is 0 Å². The first-order chi connectivity index (χ1) is 26.1. The number of aliphatic hydroxyl groups excluding tert-OH is 1. The third kappa shape index (κ3) is 8.70. The van der Waals surface area contributed by atoms with Crippen LogP contribution in [0.2, 0.25) is 54.4 Å². The quantitative estimate of drug-likeness (QED) is 0.214. The van der Waals surface area contributed by atoms with E-state index in [9.17, 15) is 5.11 Å². The molecule has 0 amide bonds. The fraction of sp³-hybridized carbons (Fsp3) is 0.745. The van der Waals surface area contributed by atoms with Gasteiger partial charge in [0.15, 0.2) is 8.32 Å². The third-order valence-electron chi connectivity index (χ3n) is 15.9. The molecular formula is C47H81NO6SSi3. The van der Waals surface area contributed by atoms with Gasteiger partial charge < -0.3 is 23.1 Å². The van der Waals surface area contributed by atoms with Gasteiger partial charge in [0, 0.05) is 28.9 Å². The molecule has 3 fully saturated rings. The van der Waals surface area contributed by atoms with Crippen molar-refractivity contribution >= 4 is 34.7 Å². The van der Waals surface area contributed by atoms with E-state index in [2.05, 4.69) is 136 Å². The predicted octanol–water partition coefficient (Wildman–Crippen LogP) is 13.2. The summed E-state index contributed by atoms with van der Waals surface area (Å²) >= 11 is 0. The van der Waals surface area contributed by atoms with Crippen molar-refractivity contribution in [2.24, 2.45) is 33.4 Å². The Morgan fingerprint density at radius 2 is 1.38 bits per heavy atom. The second kappa shape index (κ2) is 15.3. The summed E-state index contributed by atoms with van der Waals surface area (Å²) < 4.78 is 50.5. The highest BCUT2D eigenvalue weighted by molar-refractivity contribution is 7.93. The third-order valence-corrected chi connectivity index (χ3v) is 31.6. The number of fused-ring (bicyclic) bond motifs is 1. The van der Waals surface area contributed by atoms with Crippen LogP contribution in [0.1, 0.15) is 120 Å². The molecule has 7 nitrogen and oxygen atoms in total. The van der Waals surface area contributed by atoms with Gasteiger partial charge in [0.25, 0.3) is 0 Å². The molecule has 3 saturated carbocycles. The molecule has 2 aromatic rings. The molecule has 6 rings (SSSR count). The number of aryl methyl sites for hydroxylation is 1. The Morgan fingerprint density at radius 3 is 1.88 bits per heavy atom. The minimum absolute atomic E-state index is 0.0350. The van der Waals surface area contributed by atoms with Crippen LogP contribution >= 0.6 is 0 Å². The average Bonchev–Trinajstić information content (AvgIpc) is 3.04. The first kappa shape index (κ1) is 47.4. The Kier molecular flexibility index (Phi) is 12.5. The highest BCUT2D eigenvalue weighted by atomic mass is 32.2. The van der Waals surface area contributed by atoms with Crippen molar-refractivity contribution < 1.29 is 27.3 Å². The van der Waals surface area contributed by atoms with E-state index >= 15 is 4.21 Å². The molecule has 58 heavy (non-hydrogen) atoms. The molecule has 1 heterocycles. The molecule has 2 bridgehead atoms. The summed E-state index contributed by atoms with van der Waals surface area (Å²) in [5.41, 5.74) is 0.779. The molecule has 1 unspecified atom stereocenters. The summed E-state index contributed by atoms with van der Waals surface area (Å²) in [7, 11) is -9.92. The van der Waals surface area contributed by atoms with Crippen LogP contribution < -0.4 is 13.6 Å². The summed E-state index contributed by atoms with van der Waals surface area (Å²) in [4.78, 5) is 0.712. The second-order valence-corrected chi connectivity index (χ2v) is 40.3. The molecule has 1 N–H and O–H groups in total. The zero-order valence-corrected chi connectivity index (χ0v) is 43.9. The molecule has 3 aliphatic carbocycles. The Morgan fingerprint density at radius 1 is 0.845 bits per heavy atom. The van der Waals surface area contributed by atoms with Gasteiger partial charge in [0.2, 0.25) is 16.6 Å². The Bertz CT molecular complexity index is 1950. The number of aliphatic hydroxyl groups is 1. The summed E-state index contributed by atoms with van der Waals surface area (Å²) in [5.74, 6) is 2.41. The summed E-state index contributed by atoms with van der Waals surface area (Å²) in [5, 5.41) is 12.9. The molecule has 0 spiro atoms. The maximum atomic E-state index is 16.4. The Labute approximate surface area is 357 Å². The monoisotopic (exact) mass is 872 g/mol. The lowest BCUT2D eigenvalue weighted by molar-refractivity contribution is -0.239. The van der Waals surface area contributed by atoms with Crippen LogP contribution in [0.5, 0.6) is 17.2 Å². The summed E-state index contributed by atoms with van der Waals surface area (Å²) in [6.07, 6.45) is 0.860. The van der Waals surface area contributed by atoms with Gasteiger partial charge in [-0.2, -0.15) is 0 Å². The molecule has 7 atom stereocenters. The van der Waals surface area contributed by atoms with Gasteiger partial charge in [0.1, 0.15) is 22.8 Å². The maximum absolute atomic E-state index is 16.4. The lowest BCUT2D eigenvalue weighted by atomic mass is 9.40. The minimum atomic E-state index is -3.14. The van der Waals surface area contributed by atoms with E-state index in [-0.39, 0.29) is 50.1 Å². The van der Waals surface area contributed by atoms with Gasteiger partial charge in [0.05, 0.1) is 39.8 Å². The number of rotatable bonds is 12. The molecular weight excluding hydrogens is 791 g/mol. The van der Waals surface area contributed by atoms with Gasteiger partial charge in [-0.15, -0.1) is 0 Å². The number of benzene rings is 2. The smallest absolute Gasteiger partial charge is 0.250 e. The van der Waals surface area contributed by atoms with E-state index in [1.54, 1.807) is 0 Å². The van der Waals surface area contributed by atoms with Crippen LogP contribution in [-0.4, -0.2) is 58.3 Å². The first-order valence-electron chi connectivity index (χ1n) is 22.0. The number of hydrogen-bond acceptors (Lipinski definition) is 7. The van der Waals surface area contributed by atoms with Crippen molar-refractivity contribution in [2.45, 2.75) is 187 Å². The van der Waals surface area contributed by atoms with Gasteiger partial charge in [-0.3, -0.25) is 0 Å². The van der Waals surface area contributed by atoms with Crippen molar-refractivity contribution in [1.29, 1.82) is 0 Å². The van der Waals surface area contributed by atoms with E-state index in [4.69, 9.17) is 22.4 Å². The van der Waals surface area contributed by atoms with Crippen LogP contribution in [0, 0.1) is 36.0 Å². The summed E-state index contributed by atoms with van der Waals surface area (Å²) in [6.45, 7) is 45.2. The predicted molar refractivity (Wildman–Crippen MR) is 251 cm³/mol. The molecule has 2 aromatic carbocycles. The van der Waals surface area contributed by atoms with Crippen LogP contribution in [-0.2, 0) is 14.2 Å². The fourth-order valence-corrected chi connectivity index (χ4v) is 14.3. The molecule has 1 aliphatic heterocycles.